The van der Waals surface area contributed by atoms with Crippen LogP contribution in [0.25, 0.3) is 0 Å². The van der Waals surface area contributed by atoms with E-state index in [-0.39, 0.29) is 43.1 Å². The standard InChI is InChI=1S/C14H17F2N3O3S.HI/c15-13(16)22-10-6-12-11(20-8-21-12)5-9(10)7-18-14(17)19-1-3-23-4-2-19;/h5-6,13H,1-4,7-8H2,(H2,17,18);1H. The fraction of sp³-hybridized carbons (Fsp3) is 0.500. The van der Waals surface area contributed by atoms with Crippen molar-refractivity contribution in [3.05, 3.63) is 17.7 Å². The topological polar surface area (TPSA) is 69.3 Å². The van der Waals surface area contributed by atoms with Gasteiger partial charge in [0, 0.05) is 36.2 Å². The Balaban J connectivity index is 0.00000208. The molecule has 6 nitrogen and oxygen atoms in total. The van der Waals surface area contributed by atoms with Crippen LogP contribution in [0, 0.1) is 0 Å². The van der Waals surface area contributed by atoms with E-state index in [1.165, 1.54) is 6.07 Å². The van der Waals surface area contributed by atoms with E-state index in [0.29, 0.717) is 23.0 Å². The number of aliphatic imine (C=N–C) groups is 1. The second-order valence-electron chi connectivity index (χ2n) is 4.97. The molecule has 0 spiro atoms. The van der Waals surface area contributed by atoms with Crippen LogP contribution in [0.15, 0.2) is 17.1 Å². The second-order valence-corrected chi connectivity index (χ2v) is 6.19. The van der Waals surface area contributed by atoms with Crippen molar-refractivity contribution >= 4 is 41.7 Å². The minimum Gasteiger partial charge on any atom is -0.454 e. The van der Waals surface area contributed by atoms with E-state index >= 15 is 0 Å². The van der Waals surface area contributed by atoms with Crippen LogP contribution in [-0.4, -0.2) is 48.9 Å². The van der Waals surface area contributed by atoms with Crippen LogP contribution in [0.2, 0.25) is 0 Å². The summed E-state index contributed by atoms with van der Waals surface area (Å²) >= 11 is 1.87. The summed E-state index contributed by atoms with van der Waals surface area (Å²) < 4.78 is 40.1. The molecule has 2 aliphatic heterocycles. The smallest absolute Gasteiger partial charge is 0.387 e. The van der Waals surface area contributed by atoms with Crippen molar-refractivity contribution in [1.82, 2.24) is 4.90 Å². The zero-order valence-corrected chi connectivity index (χ0v) is 15.9. The molecule has 0 unspecified atom stereocenters. The normalized spacial score (nSPS) is 17.0. The molecule has 1 aromatic carbocycles. The fourth-order valence-corrected chi connectivity index (χ4v) is 3.26. The third-order valence-corrected chi connectivity index (χ3v) is 4.46. The van der Waals surface area contributed by atoms with E-state index in [4.69, 9.17) is 15.2 Å². The summed E-state index contributed by atoms with van der Waals surface area (Å²) in [6.45, 7) is -1.06. The highest BCUT2D eigenvalue weighted by Crippen LogP contribution is 2.39. The van der Waals surface area contributed by atoms with Gasteiger partial charge in [0.1, 0.15) is 5.75 Å². The van der Waals surface area contributed by atoms with Crippen molar-refractivity contribution in [2.45, 2.75) is 13.2 Å². The maximum Gasteiger partial charge on any atom is 0.387 e. The lowest BCUT2D eigenvalue weighted by Crippen LogP contribution is -2.42. The number of ether oxygens (including phenoxy) is 3. The highest BCUT2D eigenvalue weighted by Gasteiger charge is 2.20. The molecule has 2 aliphatic rings. The van der Waals surface area contributed by atoms with Gasteiger partial charge in [0.15, 0.2) is 17.5 Å². The first-order valence-corrected chi connectivity index (χ1v) is 8.29. The molecule has 134 valence electrons. The minimum absolute atomic E-state index is 0. The Kier molecular flexibility index (Phi) is 7.02. The molecule has 10 heteroatoms. The van der Waals surface area contributed by atoms with Crippen molar-refractivity contribution in [1.29, 1.82) is 0 Å². The Labute approximate surface area is 159 Å². The Morgan fingerprint density at radius 2 is 1.96 bits per heavy atom. The van der Waals surface area contributed by atoms with Crippen LogP contribution in [0.4, 0.5) is 8.78 Å². The zero-order valence-electron chi connectivity index (χ0n) is 12.7. The molecule has 0 saturated carbocycles. The summed E-state index contributed by atoms with van der Waals surface area (Å²) in [7, 11) is 0. The van der Waals surface area contributed by atoms with Crippen LogP contribution in [0.5, 0.6) is 17.2 Å². The van der Waals surface area contributed by atoms with Gasteiger partial charge in [0.2, 0.25) is 6.79 Å². The zero-order chi connectivity index (χ0) is 16.2. The Bertz CT molecular complexity index is 601. The first kappa shape index (κ1) is 19.2. The third kappa shape index (κ3) is 4.68. The van der Waals surface area contributed by atoms with Crippen LogP contribution < -0.4 is 19.9 Å². The van der Waals surface area contributed by atoms with E-state index in [9.17, 15) is 8.78 Å². The largest absolute Gasteiger partial charge is 0.454 e. The lowest BCUT2D eigenvalue weighted by Gasteiger charge is -2.27. The third-order valence-electron chi connectivity index (χ3n) is 3.52. The van der Waals surface area contributed by atoms with Gasteiger partial charge in [0.05, 0.1) is 6.54 Å². The molecule has 0 amide bonds. The van der Waals surface area contributed by atoms with Crippen molar-refractivity contribution in [3.63, 3.8) is 0 Å². The van der Waals surface area contributed by atoms with Gasteiger partial charge in [0.25, 0.3) is 0 Å². The fourth-order valence-electron chi connectivity index (χ4n) is 2.35. The highest BCUT2D eigenvalue weighted by atomic mass is 127. The molecule has 2 heterocycles. The van der Waals surface area contributed by atoms with Crippen molar-refractivity contribution < 1.29 is 23.0 Å². The van der Waals surface area contributed by atoms with Crippen molar-refractivity contribution in [3.8, 4) is 17.2 Å². The summed E-state index contributed by atoms with van der Waals surface area (Å²) in [4.78, 5) is 6.28. The monoisotopic (exact) mass is 473 g/mol. The molecule has 0 aromatic heterocycles. The molecule has 0 radical (unpaired) electrons. The lowest BCUT2D eigenvalue weighted by molar-refractivity contribution is -0.0505. The van der Waals surface area contributed by atoms with E-state index in [2.05, 4.69) is 9.73 Å². The van der Waals surface area contributed by atoms with E-state index in [1.54, 1.807) is 6.07 Å². The summed E-state index contributed by atoms with van der Waals surface area (Å²) in [5.74, 6) is 3.31. The minimum atomic E-state index is -2.92. The molecule has 0 bridgehead atoms. The van der Waals surface area contributed by atoms with E-state index in [1.807, 2.05) is 16.7 Å². The molecule has 1 aromatic rings. The Morgan fingerprint density at radius 3 is 2.62 bits per heavy atom. The second kappa shape index (κ2) is 8.79. The molecule has 1 fully saturated rings. The Hall–Kier alpha value is -1.17. The number of nitrogens with two attached hydrogens (primary N) is 1. The number of alkyl halides is 2. The maximum absolute atomic E-state index is 12.6. The van der Waals surface area contributed by atoms with Crippen LogP contribution >= 0.6 is 35.7 Å². The predicted molar refractivity (Wildman–Crippen MR) is 98.8 cm³/mol. The average Bonchev–Trinajstić information content (AvgIpc) is 2.99. The van der Waals surface area contributed by atoms with Gasteiger partial charge in [-0.15, -0.1) is 24.0 Å². The van der Waals surface area contributed by atoms with Gasteiger partial charge in [-0.25, -0.2) is 4.99 Å². The molecule has 0 atom stereocenters. The summed E-state index contributed by atoms with van der Waals surface area (Å²) in [6, 6.07) is 3.00. The number of nitrogens with zero attached hydrogens (tertiary/aromatic N) is 2. The lowest BCUT2D eigenvalue weighted by atomic mass is 10.1. The molecular formula is C14H18F2IN3O3S. The molecule has 0 aliphatic carbocycles. The number of guanidine groups is 1. The molecule has 24 heavy (non-hydrogen) atoms. The highest BCUT2D eigenvalue weighted by molar-refractivity contribution is 14.0. The van der Waals surface area contributed by atoms with Gasteiger partial charge >= 0.3 is 6.61 Å². The Morgan fingerprint density at radius 1 is 1.29 bits per heavy atom. The van der Waals surface area contributed by atoms with Crippen LogP contribution in [0.3, 0.4) is 0 Å². The van der Waals surface area contributed by atoms with Crippen LogP contribution in [0.1, 0.15) is 5.56 Å². The van der Waals surface area contributed by atoms with Gasteiger partial charge in [-0.1, -0.05) is 0 Å². The van der Waals surface area contributed by atoms with Gasteiger partial charge in [-0.3, -0.25) is 0 Å². The summed E-state index contributed by atoms with van der Waals surface area (Å²) in [6.07, 6.45) is 0. The van der Waals surface area contributed by atoms with Gasteiger partial charge in [-0.2, -0.15) is 20.5 Å². The number of rotatable bonds is 4. The van der Waals surface area contributed by atoms with Gasteiger partial charge in [-0.05, 0) is 6.07 Å². The number of hydrogen-bond acceptors (Lipinski definition) is 5. The van der Waals surface area contributed by atoms with Crippen molar-refractivity contribution in [2.24, 2.45) is 10.7 Å². The number of thioether (sulfide) groups is 1. The van der Waals surface area contributed by atoms with E-state index < -0.39 is 6.61 Å². The summed E-state index contributed by atoms with van der Waals surface area (Å²) in [5.41, 5.74) is 6.46. The quantitative estimate of drug-likeness (QED) is 0.412. The van der Waals surface area contributed by atoms with Gasteiger partial charge < -0.3 is 24.8 Å². The van der Waals surface area contributed by atoms with E-state index in [0.717, 1.165) is 24.6 Å². The number of halogens is 3. The molecular weight excluding hydrogens is 455 g/mol. The number of benzene rings is 1. The predicted octanol–water partition coefficient (Wildman–Crippen LogP) is 2.50. The molecule has 3 rings (SSSR count). The number of fused-ring (bicyclic) bond motifs is 1. The van der Waals surface area contributed by atoms with Crippen LogP contribution in [-0.2, 0) is 6.54 Å². The molecule has 1 saturated heterocycles. The first-order valence-electron chi connectivity index (χ1n) is 7.13. The number of hydrogen-bond donors (Lipinski definition) is 1. The average molecular weight is 473 g/mol. The summed E-state index contributed by atoms with van der Waals surface area (Å²) in [5, 5.41) is 0. The van der Waals surface area contributed by atoms with Crippen molar-refractivity contribution in [2.75, 3.05) is 31.4 Å². The first-order chi connectivity index (χ1) is 11.1. The SMILES string of the molecule is I.NC(=NCc1cc2c(cc1OC(F)F)OCO2)N1CCSCC1. The maximum atomic E-state index is 12.6. The molecule has 2 N–H and O–H groups in total.